The first kappa shape index (κ1) is 14.6. The molecule has 1 atom stereocenters. The number of carbonyl (C=O) groups is 1. The van der Waals surface area contributed by atoms with Crippen LogP contribution in [0, 0.1) is 0 Å². The number of hydrogen-bond acceptors (Lipinski definition) is 4. The van der Waals surface area contributed by atoms with Crippen molar-refractivity contribution < 1.29 is 9.53 Å². The van der Waals surface area contributed by atoms with Crippen molar-refractivity contribution in [2.24, 2.45) is 0 Å². The third-order valence-electron chi connectivity index (χ3n) is 3.35. The van der Waals surface area contributed by atoms with Crippen LogP contribution in [0.25, 0.3) is 0 Å². The third kappa shape index (κ3) is 3.39. The number of urea groups is 1. The summed E-state index contributed by atoms with van der Waals surface area (Å²) in [7, 11) is 3.88. The number of anilines is 1. The normalized spacial score (nSPS) is 18.8. The van der Waals surface area contributed by atoms with Crippen molar-refractivity contribution in [2.75, 3.05) is 38.8 Å². The van der Waals surface area contributed by atoms with Gasteiger partial charge in [0.25, 0.3) is 0 Å². The summed E-state index contributed by atoms with van der Waals surface area (Å²) >= 11 is 0. The summed E-state index contributed by atoms with van der Waals surface area (Å²) in [5, 5.41) is 2.96. The highest BCUT2D eigenvalue weighted by Gasteiger charge is 2.23. The van der Waals surface area contributed by atoms with Crippen LogP contribution >= 0.6 is 0 Å². The topological polar surface area (TPSA) is 57.7 Å². The molecule has 1 N–H and O–H groups in total. The maximum atomic E-state index is 12.2. The summed E-state index contributed by atoms with van der Waals surface area (Å²) in [6, 6.07) is 3.93. The molecule has 1 fully saturated rings. The Morgan fingerprint density at radius 1 is 1.60 bits per heavy atom. The molecule has 1 aliphatic heterocycles. The molecular formula is C14H22N4O2. The first-order valence-corrected chi connectivity index (χ1v) is 6.83. The highest BCUT2D eigenvalue weighted by molar-refractivity contribution is 5.74. The number of nitrogens with zero attached hydrogens (tertiary/aromatic N) is 3. The summed E-state index contributed by atoms with van der Waals surface area (Å²) < 4.78 is 5.34. The number of carbonyl (C=O) groups excluding carboxylic acids is 1. The molecule has 0 aromatic carbocycles. The Balaban J connectivity index is 1.96. The van der Waals surface area contributed by atoms with Gasteiger partial charge in [0.2, 0.25) is 0 Å². The quantitative estimate of drug-likeness (QED) is 0.899. The molecule has 0 radical (unpaired) electrons. The lowest BCUT2D eigenvalue weighted by Gasteiger charge is -2.33. The average molecular weight is 278 g/mol. The van der Waals surface area contributed by atoms with E-state index in [1.807, 2.05) is 43.0 Å². The summed E-state index contributed by atoms with van der Waals surface area (Å²) in [4.78, 5) is 20.3. The molecule has 0 unspecified atom stereocenters. The molecule has 2 rings (SSSR count). The van der Waals surface area contributed by atoms with Gasteiger partial charge in [-0.15, -0.1) is 0 Å². The van der Waals surface area contributed by atoms with Gasteiger partial charge in [0.05, 0.1) is 19.3 Å². The van der Waals surface area contributed by atoms with Gasteiger partial charge < -0.3 is 19.9 Å². The van der Waals surface area contributed by atoms with Crippen LogP contribution in [0.3, 0.4) is 0 Å². The van der Waals surface area contributed by atoms with Crippen LogP contribution in [-0.4, -0.2) is 55.8 Å². The SMILES string of the molecule is C[C@@H]1COCCN1C(=O)NCc1cccnc1N(C)C. The van der Waals surface area contributed by atoms with E-state index in [0.29, 0.717) is 26.3 Å². The van der Waals surface area contributed by atoms with Crippen LogP contribution in [0.5, 0.6) is 0 Å². The van der Waals surface area contributed by atoms with E-state index in [0.717, 1.165) is 11.4 Å². The van der Waals surface area contributed by atoms with Gasteiger partial charge in [-0.1, -0.05) is 6.07 Å². The minimum absolute atomic E-state index is 0.0469. The van der Waals surface area contributed by atoms with Crippen LogP contribution in [-0.2, 0) is 11.3 Å². The van der Waals surface area contributed by atoms with Gasteiger partial charge in [-0.25, -0.2) is 9.78 Å². The Morgan fingerprint density at radius 3 is 3.10 bits per heavy atom. The van der Waals surface area contributed by atoms with E-state index < -0.39 is 0 Å². The molecule has 1 aromatic heterocycles. The smallest absolute Gasteiger partial charge is 0.318 e. The maximum Gasteiger partial charge on any atom is 0.318 e. The zero-order chi connectivity index (χ0) is 14.5. The molecular weight excluding hydrogens is 256 g/mol. The van der Waals surface area contributed by atoms with Gasteiger partial charge in [0.15, 0.2) is 0 Å². The largest absolute Gasteiger partial charge is 0.377 e. The molecule has 20 heavy (non-hydrogen) atoms. The highest BCUT2D eigenvalue weighted by atomic mass is 16.5. The molecule has 110 valence electrons. The standard InChI is InChI=1S/C14H22N4O2/c1-11-10-20-8-7-18(11)14(19)16-9-12-5-4-6-15-13(12)17(2)3/h4-6,11H,7-10H2,1-3H3,(H,16,19)/t11-/m1/s1. The van der Waals surface area contributed by atoms with Gasteiger partial charge >= 0.3 is 6.03 Å². The molecule has 1 aliphatic rings. The fraction of sp³-hybridized carbons (Fsp3) is 0.571. The minimum Gasteiger partial charge on any atom is -0.377 e. The van der Waals surface area contributed by atoms with Crippen LogP contribution in [0.15, 0.2) is 18.3 Å². The summed E-state index contributed by atoms with van der Waals surface area (Å²) in [6.45, 7) is 4.32. The number of pyridine rings is 1. The van der Waals surface area contributed by atoms with Crippen LogP contribution in [0.2, 0.25) is 0 Å². The van der Waals surface area contributed by atoms with Gasteiger partial charge in [-0.3, -0.25) is 0 Å². The van der Waals surface area contributed by atoms with Crippen LogP contribution in [0.4, 0.5) is 10.6 Å². The molecule has 0 bridgehead atoms. The highest BCUT2D eigenvalue weighted by Crippen LogP contribution is 2.14. The number of rotatable bonds is 3. The monoisotopic (exact) mass is 278 g/mol. The number of amides is 2. The molecule has 2 heterocycles. The van der Waals surface area contributed by atoms with E-state index in [-0.39, 0.29) is 12.1 Å². The van der Waals surface area contributed by atoms with E-state index in [1.54, 1.807) is 6.20 Å². The zero-order valence-corrected chi connectivity index (χ0v) is 12.3. The molecule has 6 heteroatoms. The Bertz CT molecular complexity index is 464. The van der Waals surface area contributed by atoms with Crippen molar-refractivity contribution in [3.63, 3.8) is 0 Å². The second kappa shape index (κ2) is 6.56. The maximum absolute atomic E-state index is 12.2. The number of nitrogens with one attached hydrogen (secondary N) is 1. The predicted octanol–water partition coefficient (Wildman–Crippen LogP) is 1.08. The van der Waals surface area contributed by atoms with Gasteiger partial charge in [0, 0.05) is 38.9 Å². The first-order chi connectivity index (χ1) is 9.59. The van der Waals surface area contributed by atoms with Crippen molar-refractivity contribution in [3.8, 4) is 0 Å². The molecule has 0 saturated carbocycles. The molecule has 0 aliphatic carbocycles. The van der Waals surface area contributed by atoms with E-state index in [1.165, 1.54) is 0 Å². The number of hydrogen-bond donors (Lipinski definition) is 1. The molecule has 6 nitrogen and oxygen atoms in total. The van der Waals surface area contributed by atoms with Gasteiger partial charge in [-0.05, 0) is 13.0 Å². The number of aromatic nitrogens is 1. The Hall–Kier alpha value is -1.82. The van der Waals surface area contributed by atoms with Crippen molar-refractivity contribution in [1.82, 2.24) is 15.2 Å². The lowest BCUT2D eigenvalue weighted by molar-refractivity contribution is 0.0190. The number of morpholine rings is 1. The summed E-state index contributed by atoms with van der Waals surface area (Å²) in [5.74, 6) is 0.878. The lowest BCUT2D eigenvalue weighted by atomic mass is 10.2. The van der Waals surface area contributed by atoms with E-state index in [2.05, 4.69) is 10.3 Å². The van der Waals surface area contributed by atoms with E-state index in [9.17, 15) is 4.79 Å². The molecule has 1 saturated heterocycles. The van der Waals surface area contributed by atoms with E-state index in [4.69, 9.17) is 4.74 Å². The molecule has 0 spiro atoms. The van der Waals surface area contributed by atoms with Crippen molar-refractivity contribution >= 4 is 11.8 Å². The van der Waals surface area contributed by atoms with Crippen molar-refractivity contribution in [2.45, 2.75) is 19.5 Å². The zero-order valence-electron chi connectivity index (χ0n) is 12.3. The van der Waals surface area contributed by atoms with Crippen LogP contribution < -0.4 is 10.2 Å². The lowest BCUT2D eigenvalue weighted by Crippen LogP contribution is -2.51. The third-order valence-corrected chi connectivity index (χ3v) is 3.35. The fourth-order valence-electron chi connectivity index (χ4n) is 2.27. The fourth-order valence-corrected chi connectivity index (χ4v) is 2.27. The number of ether oxygens (including phenoxy) is 1. The molecule has 1 aromatic rings. The summed E-state index contributed by atoms with van der Waals surface area (Å²) in [6.07, 6.45) is 1.75. The second-order valence-electron chi connectivity index (χ2n) is 5.16. The van der Waals surface area contributed by atoms with E-state index >= 15 is 0 Å². The van der Waals surface area contributed by atoms with Gasteiger partial charge in [0.1, 0.15) is 5.82 Å². The Morgan fingerprint density at radius 2 is 2.40 bits per heavy atom. The predicted molar refractivity (Wildman–Crippen MR) is 77.8 cm³/mol. The van der Waals surface area contributed by atoms with Crippen molar-refractivity contribution in [1.29, 1.82) is 0 Å². The Kier molecular flexibility index (Phi) is 4.79. The van der Waals surface area contributed by atoms with Crippen molar-refractivity contribution in [3.05, 3.63) is 23.9 Å². The Labute approximate surface area is 119 Å². The molecule has 2 amide bonds. The summed E-state index contributed by atoms with van der Waals surface area (Å²) in [5.41, 5.74) is 1.01. The van der Waals surface area contributed by atoms with Crippen LogP contribution in [0.1, 0.15) is 12.5 Å². The average Bonchev–Trinajstić information content (AvgIpc) is 2.45. The van der Waals surface area contributed by atoms with Gasteiger partial charge in [-0.2, -0.15) is 0 Å². The first-order valence-electron chi connectivity index (χ1n) is 6.83. The second-order valence-corrected chi connectivity index (χ2v) is 5.16. The minimum atomic E-state index is -0.0469.